The van der Waals surface area contributed by atoms with Crippen molar-refractivity contribution >= 4 is 29.0 Å². The molecule has 2 aliphatic carbocycles. The number of rotatable bonds is 9. The second kappa shape index (κ2) is 10.9. The molecule has 0 aromatic carbocycles. The lowest BCUT2D eigenvalue weighted by molar-refractivity contribution is -0.137. The summed E-state index contributed by atoms with van der Waals surface area (Å²) in [6, 6.07) is 1.15. The van der Waals surface area contributed by atoms with Gasteiger partial charge in [0.25, 0.3) is 0 Å². The third-order valence-corrected chi connectivity index (χ3v) is 8.61. The molecule has 2 amide bonds. The predicted molar refractivity (Wildman–Crippen MR) is 135 cm³/mol. The molecule has 1 saturated heterocycles. The number of nitrogens with one attached hydrogen (secondary N) is 3. The molecule has 8 nitrogen and oxygen atoms in total. The second-order valence-corrected chi connectivity index (χ2v) is 10.8. The summed E-state index contributed by atoms with van der Waals surface area (Å²) in [5, 5.41) is 14.2. The van der Waals surface area contributed by atoms with Gasteiger partial charge in [0.05, 0.1) is 18.4 Å². The van der Waals surface area contributed by atoms with E-state index < -0.39 is 6.04 Å². The van der Waals surface area contributed by atoms with Gasteiger partial charge in [-0.2, -0.15) is 0 Å². The number of hydrogen-bond acceptors (Lipinski definition) is 6. The van der Waals surface area contributed by atoms with Crippen LogP contribution >= 0.6 is 0 Å². The van der Waals surface area contributed by atoms with Crippen molar-refractivity contribution in [3.63, 3.8) is 0 Å². The average molecular weight is 482 g/mol. The van der Waals surface area contributed by atoms with Crippen molar-refractivity contribution in [2.75, 3.05) is 25.0 Å². The summed E-state index contributed by atoms with van der Waals surface area (Å²) in [4.78, 5) is 43.7. The highest BCUT2D eigenvalue weighted by molar-refractivity contribution is 6.45. The fraction of sp³-hybridized carbons (Fsp3) is 0.667. The summed E-state index contributed by atoms with van der Waals surface area (Å²) in [5.74, 6) is 0.296. The molecule has 1 aromatic heterocycles. The topological polar surface area (TPSA) is 115 Å². The zero-order valence-electron chi connectivity index (χ0n) is 21.1. The molecule has 3 aliphatic rings. The summed E-state index contributed by atoms with van der Waals surface area (Å²) in [6.07, 6.45) is 13.8. The third-order valence-electron chi connectivity index (χ3n) is 8.61. The number of amides is 2. The zero-order chi connectivity index (χ0) is 25.0. The van der Waals surface area contributed by atoms with Gasteiger partial charge in [-0.05, 0) is 68.3 Å². The molecular weight excluding hydrogens is 442 g/mol. The van der Waals surface area contributed by atoms with Gasteiger partial charge in [0, 0.05) is 31.8 Å². The first-order chi connectivity index (χ1) is 16.8. The molecule has 2 heterocycles. The lowest BCUT2D eigenvalue weighted by Gasteiger charge is -2.47. The number of nitrogens with zero attached hydrogens (tertiary/aromatic N) is 2. The lowest BCUT2D eigenvalue weighted by atomic mass is 9.59. The van der Waals surface area contributed by atoms with Crippen LogP contribution in [0.5, 0.6) is 0 Å². The van der Waals surface area contributed by atoms with E-state index in [1.54, 1.807) is 11.0 Å². The van der Waals surface area contributed by atoms with Crippen molar-refractivity contribution in [2.24, 2.45) is 17.3 Å². The van der Waals surface area contributed by atoms with E-state index in [9.17, 15) is 14.4 Å². The molecule has 35 heavy (non-hydrogen) atoms. The number of anilines is 1. The third kappa shape index (κ3) is 5.73. The average Bonchev–Trinajstić information content (AvgIpc) is 3.30. The molecule has 4 rings (SSSR count). The summed E-state index contributed by atoms with van der Waals surface area (Å²) in [6.45, 7) is 4.70. The fourth-order valence-corrected chi connectivity index (χ4v) is 5.99. The van der Waals surface area contributed by atoms with Crippen LogP contribution in [0.2, 0.25) is 0 Å². The van der Waals surface area contributed by atoms with Crippen molar-refractivity contribution < 1.29 is 14.4 Å². The Labute approximate surface area is 208 Å². The van der Waals surface area contributed by atoms with Crippen LogP contribution in [-0.2, 0) is 14.4 Å². The fourth-order valence-electron chi connectivity index (χ4n) is 5.99. The van der Waals surface area contributed by atoms with Gasteiger partial charge < -0.3 is 15.5 Å². The number of Topliss-reactive ketones (excluding diaryl/α,β-unsaturated/α-hetero) is 1. The van der Waals surface area contributed by atoms with Crippen molar-refractivity contribution in [3.8, 4) is 0 Å². The Balaban J connectivity index is 1.33. The maximum Gasteiger partial charge on any atom is 0.242 e. The van der Waals surface area contributed by atoms with Crippen molar-refractivity contribution in [2.45, 2.75) is 77.7 Å². The number of carbonyl (C=O) groups is 3. The predicted octanol–water partition coefficient (Wildman–Crippen LogP) is 3.55. The van der Waals surface area contributed by atoms with Crippen LogP contribution in [0, 0.1) is 22.7 Å². The van der Waals surface area contributed by atoms with Gasteiger partial charge >= 0.3 is 0 Å². The van der Waals surface area contributed by atoms with E-state index in [0.29, 0.717) is 48.0 Å². The number of carbonyl (C=O) groups excluding carboxylic acids is 3. The maximum atomic E-state index is 13.2. The molecule has 0 radical (unpaired) electrons. The van der Waals surface area contributed by atoms with Crippen LogP contribution in [0.1, 0.15) is 77.2 Å². The van der Waals surface area contributed by atoms with E-state index in [1.165, 1.54) is 64.3 Å². The smallest absolute Gasteiger partial charge is 0.242 e. The van der Waals surface area contributed by atoms with Gasteiger partial charge in [-0.15, -0.1) is 0 Å². The monoisotopic (exact) mass is 481 g/mol. The van der Waals surface area contributed by atoms with E-state index in [0.717, 1.165) is 6.42 Å². The highest BCUT2D eigenvalue weighted by Gasteiger charge is 2.41. The minimum absolute atomic E-state index is 0.0190. The minimum atomic E-state index is -0.445. The Hall–Kier alpha value is -2.77. The Bertz CT molecular complexity index is 963. The van der Waals surface area contributed by atoms with E-state index in [-0.39, 0.29) is 29.9 Å². The van der Waals surface area contributed by atoms with Gasteiger partial charge in [-0.25, -0.2) is 0 Å². The minimum Gasteiger partial charge on any atom is -0.374 e. The highest BCUT2D eigenvalue weighted by Crippen LogP contribution is 2.52. The maximum absolute atomic E-state index is 13.2. The number of pyridine rings is 1. The van der Waals surface area contributed by atoms with Crippen LogP contribution in [0.25, 0.3) is 0 Å². The highest BCUT2D eigenvalue weighted by atomic mass is 16.2. The van der Waals surface area contributed by atoms with E-state index >= 15 is 0 Å². The summed E-state index contributed by atoms with van der Waals surface area (Å²) < 4.78 is 0. The molecule has 3 N–H and O–H groups in total. The largest absolute Gasteiger partial charge is 0.374 e. The van der Waals surface area contributed by atoms with E-state index in [4.69, 9.17) is 5.41 Å². The molecular formula is C27H39N5O3. The Morgan fingerprint density at radius 2 is 1.91 bits per heavy atom. The van der Waals surface area contributed by atoms with E-state index in [2.05, 4.69) is 22.5 Å². The molecule has 1 aromatic rings. The van der Waals surface area contributed by atoms with Crippen LogP contribution in [0.3, 0.4) is 0 Å². The molecule has 0 bridgehead atoms. The van der Waals surface area contributed by atoms with Crippen LogP contribution < -0.4 is 10.6 Å². The molecule has 2 atom stereocenters. The molecule has 8 heteroatoms. The summed E-state index contributed by atoms with van der Waals surface area (Å²) in [7, 11) is 0. The number of hydrogen-bond donors (Lipinski definition) is 3. The van der Waals surface area contributed by atoms with Gasteiger partial charge in [0.1, 0.15) is 11.8 Å². The van der Waals surface area contributed by atoms with Gasteiger partial charge in [-0.1, -0.05) is 19.8 Å². The Morgan fingerprint density at radius 1 is 1.17 bits per heavy atom. The zero-order valence-corrected chi connectivity index (χ0v) is 21.1. The number of ketones is 1. The molecule has 190 valence electrons. The Morgan fingerprint density at radius 3 is 2.54 bits per heavy atom. The number of likely N-dealkylation sites (tertiary alicyclic amines) is 1. The standard InChI is InChI=1S/C27H39N5O3/c1-3-19-13-23(26(35)31-14-20-5-10-27(11-6-20)8-4-9-27)32(17-19)24(34)16-30-22-15-29-12-7-21(22)25(28)18(2)33/h7,12,15,19-20,23,28,30H,3-6,8-11,13-14,16-17H2,1-2H3,(H,31,35). The summed E-state index contributed by atoms with van der Waals surface area (Å²) in [5.41, 5.74) is 1.37. The Kier molecular flexibility index (Phi) is 7.87. The molecule has 1 spiro atoms. The molecule has 2 unspecified atom stereocenters. The van der Waals surface area contributed by atoms with Crippen molar-refractivity contribution in [1.82, 2.24) is 15.2 Å². The van der Waals surface area contributed by atoms with Crippen molar-refractivity contribution in [3.05, 3.63) is 24.0 Å². The van der Waals surface area contributed by atoms with E-state index in [1.807, 2.05) is 0 Å². The van der Waals surface area contributed by atoms with Gasteiger partial charge in [0.2, 0.25) is 11.8 Å². The molecule has 3 fully saturated rings. The van der Waals surface area contributed by atoms with Crippen molar-refractivity contribution in [1.29, 1.82) is 5.41 Å². The van der Waals surface area contributed by atoms with Crippen LogP contribution in [0.15, 0.2) is 18.5 Å². The lowest BCUT2D eigenvalue weighted by Crippen LogP contribution is -2.48. The first kappa shape index (κ1) is 25.3. The molecule has 2 saturated carbocycles. The van der Waals surface area contributed by atoms with Crippen LogP contribution in [0.4, 0.5) is 5.69 Å². The normalized spacial score (nSPS) is 23.5. The van der Waals surface area contributed by atoms with Gasteiger partial charge in [-0.3, -0.25) is 24.8 Å². The SMILES string of the molecule is CCC1CC(C(=O)NCC2CCC3(CCC3)CC2)N(C(=O)CNc2cnccc2C(=N)C(C)=O)C1. The second-order valence-electron chi connectivity index (χ2n) is 10.8. The first-order valence-electron chi connectivity index (χ1n) is 13.2. The van der Waals surface area contributed by atoms with Crippen LogP contribution in [-0.4, -0.2) is 58.9 Å². The molecule has 1 aliphatic heterocycles. The quantitative estimate of drug-likeness (QED) is 0.467. The van der Waals surface area contributed by atoms with Gasteiger partial charge in [0.15, 0.2) is 5.78 Å². The number of aromatic nitrogens is 1. The first-order valence-corrected chi connectivity index (χ1v) is 13.2. The summed E-state index contributed by atoms with van der Waals surface area (Å²) >= 11 is 0.